The van der Waals surface area contributed by atoms with E-state index in [1.54, 1.807) is 25.1 Å². The molecule has 23 heavy (non-hydrogen) atoms. The van der Waals surface area contributed by atoms with E-state index < -0.39 is 10.0 Å². The summed E-state index contributed by atoms with van der Waals surface area (Å²) < 4.78 is 31.2. The maximum absolute atomic E-state index is 12.5. The van der Waals surface area contributed by atoms with Gasteiger partial charge >= 0.3 is 0 Å². The number of benzene rings is 1. The molecule has 0 aliphatic carbocycles. The van der Waals surface area contributed by atoms with Crippen molar-refractivity contribution in [1.29, 1.82) is 0 Å². The number of sulfonamides is 1. The standard InChI is InChI=1S/C15H19N3O4S/c1-11-8-14(17-22-11)10-18(3)23(20,21)15-6-4-13(5-7-15)9-16-12(2)19/h4-8H,9-10H2,1-3H3,(H,16,19). The summed E-state index contributed by atoms with van der Waals surface area (Å²) >= 11 is 0. The van der Waals surface area contributed by atoms with Crippen LogP contribution in [0.5, 0.6) is 0 Å². The van der Waals surface area contributed by atoms with Crippen LogP contribution in [0.4, 0.5) is 0 Å². The van der Waals surface area contributed by atoms with Gasteiger partial charge in [0.05, 0.1) is 17.1 Å². The van der Waals surface area contributed by atoms with Crippen molar-refractivity contribution in [3.8, 4) is 0 Å². The van der Waals surface area contributed by atoms with Gasteiger partial charge in [-0.15, -0.1) is 0 Å². The summed E-state index contributed by atoms with van der Waals surface area (Å²) in [5.41, 5.74) is 1.38. The highest BCUT2D eigenvalue weighted by Crippen LogP contribution is 2.17. The highest BCUT2D eigenvalue weighted by molar-refractivity contribution is 7.89. The van der Waals surface area contributed by atoms with Crippen LogP contribution in [0.15, 0.2) is 39.8 Å². The first kappa shape index (κ1) is 17.2. The second-order valence-electron chi connectivity index (χ2n) is 5.24. The van der Waals surface area contributed by atoms with Crippen molar-refractivity contribution in [3.05, 3.63) is 47.3 Å². The van der Waals surface area contributed by atoms with Crippen LogP contribution in [0.25, 0.3) is 0 Å². The van der Waals surface area contributed by atoms with Gasteiger partial charge in [0.1, 0.15) is 5.76 Å². The van der Waals surface area contributed by atoms with Crippen LogP contribution in [0.3, 0.4) is 0 Å². The summed E-state index contributed by atoms with van der Waals surface area (Å²) in [6, 6.07) is 8.10. The van der Waals surface area contributed by atoms with Crippen LogP contribution < -0.4 is 5.32 Å². The smallest absolute Gasteiger partial charge is 0.243 e. The number of nitrogens with one attached hydrogen (secondary N) is 1. The third-order valence-corrected chi connectivity index (χ3v) is 5.05. The quantitative estimate of drug-likeness (QED) is 0.861. The van der Waals surface area contributed by atoms with Crippen LogP contribution in [0.2, 0.25) is 0 Å². The minimum atomic E-state index is -3.61. The second-order valence-corrected chi connectivity index (χ2v) is 7.29. The van der Waals surface area contributed by atoms with E-state index >= 15 is 0 Å². The first-order valence-corrected chi connectivity index (χ1v) is 8.45. The Morgan fingerprint density at radius 1 is 1.30 bits per heavy atom. The largest absolute Gasteiger partial charge is 0.361 e. The van der Waals surface area contributed by atoms with E-state index in [0.717, 1.165) is 5.56 Å². The molecule has 124 valence electrons. The Labute approximate surface area is 135 Å². The molecule has 0 saturated carbocycles. The Kier molecular flexibility index (Phi) is 5.17. The number of hydrogen-bond acceptors (Lipinski definition) is 5. The van der Waals surface area contributed by atoms with Crippen molar-refractivity contribution >= 4 is 15.9 Å². The van der Waals surface area contributed by atoms with E-state index in [0.29, 0.717) is 18.0 Å². The lowest BCUT2D eigenvalue weighted by Crippen LogP contribution is -2.26. The Bertz CT molecular complexity index is 781. The van der Waals surface area contributed by atoms with Gasteiger partial charge in [-0.25, -0.2) is 8.42 Å². The maximum Gasteiger partial charge on any atom is 0.243 e. The molecular weight excluding hydrogens is 318 g/mol. The average molecular weight is 337 g/mol. The minimum Gasteiger partial charge on any atom is -0.361 e. The van der Waals surface area contributed by atoms with Crippen molar-refractivity contribution in [3.63, 3.8) is 0 Å². The SMILES string of the molecule is CC(=O)NCc1ccc(S(=O)(=O)N(C)Cc2cc(C)on2)cc1. The Morgan fingerprint density at radius 3 is 2.48 bits per heavy atom. The Balaban J connectivity index is 2.10. The van der Waals surface area contributed by atoms with Gasteiger partial charge in [-0.3, -0.25) is 4.79 Å². The van der Waals surface area contributed by atoms with E-state index in [1.165, 1.54) is 30.4 Å². The van der Waals surface area contributed by atoms with Crippen molar-refractivity contribution in [1.82, 2.24) is 14.8 Å². The van der Waals surface area contributed by atoms with Gasteiger partial charge in [-0.05, 0) is 24.6 Å². The lowest BCUT2D eigenvalue weighted by atomic mass is 10.2. The fraction of sp³-hybridized carbons (Fsp3) is 0.333. The molecule has 0 radical (unpaired) electrons. The first-order chi connectivity index (χ1) is 10.8. The molecule has 0 aliphatic heterocycles. The third-order valence-electron chi connectivity index (χ3n) is 3.23. The molecule has 0 aliphatic rings. The molecule has 1 amide bonds. The van der Waals surface area contributed by atoms with Gasteiger partial charge in [-0.1, -0.05) is 17.3 Å². The summed E-state index contributed by atoms with van der Waals surface area (Å²) in [5, 5.41) is 6.46. The highest BCUT2D eigenvalue weighted by Gasteiger charge is 2.21. The minimum absolute atomic E-state index is 0.132. The van der Waals surface area contributed by atoms with Gasteiger partial charge in [0, 0.05) is 26.6 Å². The van der Waals surface area contributed by atoms with Crippen molar-refractivity contribution in [2.75, 3.05) is 7.05 Å². The number of aromatic nitrogens is 1. The van der Waals surface area contributed by atoms with E-state index in [4.69, 9.17) is 4.52 Å². The number of aryl methyl sites for hydroxylation is 1. The zero-order valence-electron chi connectivity index (χ0n) is 13.2. The molecule has 7 nitrogen and oxygen atoms in total. The highest BCUT2D eigenvalue weighted by atomic mass is 32.2. The van der Waals surface area contributed by atoms with Crippen LogP contribution >= 0.6 is 0 Å². The fourth-order valence-corrected chi connectivity index (χ4v) is 3.13. The predicted octanol–water partition coefficient (Wildman–Crippen LogP) is 1.44. The molecule has 0 fully saturated rings. The number of carbonyl (C=O) groups excluding carboxylic acids is 1. The molecule has 0 spiro atoms. The molecule has 1 N–H and O–H groups in total. The van der Waals surface area contributed by atoms with Crippen molar-refractivity contribution in [2.24, 2.45) is 0 Å². The molecule has 0 atom stereocenters. The number of amides is 1. The van der Waals surface area contributed by atoms with Gasteiger partial charge in [0.25, 0.3) is 0 Å². The summed E-state index contributed by atoms with van der Waals surface area (Å²) in [4.78, 5) is 11.1. The topological polar surface area (TPSA) is 92.5 Å². The third kappa shape index (κ3) is 4.40. The normalized spacial score (nSPS) is 11.7. The van der Waals surface area contributed by atoms with Crippen LogP contribution in [0.1, 0.15) is 23.9 Å². The zero-order valence-corrected chi connectivity index (χ0v) is 14.1. The second kappa shape index (κ2) is 6.93. The molecule has 0 saturated heterocycles. The molecule has 2 rings (SSSR count). The van der Waals surface area contributed by atoms with E-state index in [1.807, 2.05) is 0 Å². The molecule has 1 aromatic heterocycles. The average Bonchev–Trinajstić information content (AvgIpc) is 2.90. The molecule has 0 unspecified atom stereocenters. The lowest BCUT2D eigenvalue weighted by molar-refractivity contribution is -0.119. The summed E-state index contributed by atoms with van der Waals surface area (Å²) in [5.74, 6) is 0.498. The van der Waals surface area contributed by atoms with Gasteiger partial charge in [0.15, 0.2) is 0 Å². The summed E-state index contributed by atoms with van der Waals surface area (Å²) in [6.07, 6.45) is 0. The van der Waals surface area contributed by atoms with Crippen molar-refractivity contribution in [2.45, 2.75) is 31.8 Å². The van der Waals surface area contributed by atoms with E-state index in [-0.39, 0.29) is 17.3 Å². The number of rotatable bonds is 6. The predicted molar refractivity (Wildman–Crippen MR) is 83.9 cm³/mol. The van der Waals surface area contributed by atoms with E-state index in [2.05, 4.69) is 10.5 Å². The summed E-state index contributed by atoms with van der Waals surface area (Å²) in [6.45, 7) is 3.68. The maximum atomic E-state index is 12.5. The van der Waals surface area contributed by atoms with Crippen LogP contribution in [-0.2, 0) is 27.9 Å². The first-order valence-electron chi connectivity index (χ1n) is 7.01. The molecule has 8 heteroatoms. The summed E-state index contributed by atoms with van der Waals surface area (Å²) in [7, 11) is -2.12. The monoisotopic (exact) mass is 337 g/mol. The van der Waals surface area contributed by atoms with Crippen molar-refractivity contribution < 1.29 is 17.7 Å². The van der Waals surface area contributed by atoms with E-state index in [9.17, 15) is 13.2 Å². The molecular formula is C15H19N3O4S. The number of hydrogen-bond donors (Lipinski definition) is 1. The van der Waals surface area contributed by atoms with Crippen LogP contribution in [-0.4, -0.2) is 30.8 Å². The zero-order chi connectivity index (χ0) is 17.0. The molecule has 0 bridgehead atoms. The number of nitrogens with zero attached hydrogens (tertiary/aromatic N) is 2. The Hall–Kier alpha value is -2.19. The lowest BCUT2D eigenvalue weighted by Gasteiger charge is -2.16. The molecule has 1 aromatic carbocycles. The van der Waals surface area contributed by atoms with Crippen LogP contribution in [0, 0.1) is 6.92 Å². The molecule has 2 aromatic rings. The van der Waals surface area contributed by atoms with Gasteiger partial charge < -0.3 is 9.84 Å². The van der Waals surface area contributed by atoms with Gasteiger partial charge in [0.2, 0.25) is 15.9 Å². The fourth-order valence-electron chi connectivity index (χ4n) is 1.99. The number of carbonyl (C=O) groups is 1. The Morgan fingerprint density at radius 2 is 1.96 bits per heavy atom. The molecule has 1 heterocycles. The van der Waals surface area contributed by atoms with Gasteiger partial charge in [-0.2, -0.15) is 4.31 Å².